The molecule has 154 valence electrons. The van der Waals surface area contributed by atoms with Gasteiger partial charge in [0.25, 0.3) is 0 Å². The van der Waals surface area contributed by atoms with Crippen molar-refractivity contribution < 1.29 is 9.53 Å². The highest BCUT2D eigenvalue weighted by Gasteiger charge is 2.49. The van der Waals surface area contributed by atoms with Crippen LogP contribution in [0.15, 0.2) is 36.4 Å². The van der Waals surface area contributed by atoms with Crippen LogP contribution in [0, 0.1) is 55.4 Å². The number of fused-ring (bicyclic) bond motifs is 1. The van der Waals surface area contributed by atoms with Crippen molar-refractivity contribution in [1.82, 2.24) is 0 Å². The van der Waals surface area contributed by atoms with E-state index in [1.165, 1.54) is 33.4 Å². The fourth-order valence-electron chi connectivity index (χ4n) is 4.60. The van der Waals surface area contributed by atoms with E-state index in [2.05, 4.69) is 78.8 Å². The Kier molecular flexibility index (Phi) is 4.65. The third-order valence-electron chi connectivity index (χ3n) is 7.15. The molecule has 2 heteroatoms. The molecular formula is C28H30O2. The van der Waals surface area contributed by atoms with Gasteiger partial charge in [-0.05, 0) is 106 Å². The fraction of sp³-hybridized carbons (Fsp3) is 0.321. The molecule has 0 atom stereocenters. The van der Waals surface area contributed by atoms with Crippen molar-refractivity contribution in [3.8, 4) is 0 Å². The van der Waals surface area contributed by atoms with Crippen LogP contribution in [0.2, 0.25) is 0 Å². The van der Waals surface area contributed by atoms with Crippen LogP contribution in [-0.2, 0) is 10.3 Å². The molecule has 0 bridgehead atoms. The minimum atomic E-state index is -0.933. The predicted molar refractivity (Wildman–Crippen MR) is 123 cm³/mol. The minimum absolute atomic E-state index is 0.250. The lowest BCUT2D eigenvalue weighted by Crippen LogP contribution is -2.30. The van der Waals surface area contributed by atoms with Crippen molar-refractivity contribution in [2.24, 2.45) is 0 Å². The maximum absolute atomic E-state index is 13.1. The number of hydrogen-bond acceptors (Lipinski definition) is 2. The summed E-state index contributed by atoms with van der Waals surface area (Å²) in [6.07, 6.45) is 0. The van der Waals surface area contributed by atoms with Gasteiger partial charge in [0.2, 0.25) is 0 Å². The van der Waals surface area contributed by atoms with Crippen LogP contribution in [0.4, 0.5) is 0 Å². The second-order valence-electron chi connectivity index (χ2n) is 9.02. The Hall–Kier alpha value is -2.87. The summed E-state index contributed by atoms with van der Waals surface area (Å²) in [5.74, 6) is -0.250. The zero-order chi connectivity index (χ0) is 22.0. The highest BCUT2D eigenvalue weighted by molar-refractivity contribution is 5.97. The molecule has 1 aliphatic heterocycles. The monoisotopic (exact) mass is 398 g/mol. The lowest BCUT2D eigenvalue weighted by molar-refractivity contribution is 0.0250. The van der Waals surface area contributed by atoms with Crippen LogP contribution < -0.4 is 0 Å². The quantitative estimate of drug-likeness (QED) is 0.454. The molecule has 1 heterocycles. The van der Waals surface area contributed by atoms with Crippen molar-refractivity contribution in [1.29, 1.82) is 0 Å². The average molecular weight is 399 g/mol. The minimum Gasteiger partial charge on any atom is -0.441 e. The molecule has 0 aliphatic carbocycles. The molecule has 3 aromatic rings. The van der Waals surface area contributed by atoms with Gasteiger partial charge in [0.1, 0.15) is 0 Å². The van der Waals surface area contributed by atoms with Gasteiger partial charge >= 0.3 is 5.97 Å². The molecule has 0 N–H and O–H groups in total. The number of carbonyl (C=O) groups excluding carboxylic acids is 1. The Morgan fingerprint density at radius 2 is 0.967 bits per heavy atom. The van der Waals surface area contributed by atoms with E-state index in [1.807, 2.05) is 13.0 Å². The number of rotatable bonds is 2. The lowest BCUT2D eigenvalue weighted by atomic mass is 9.76. The highest BCUT2D eigenvalue weighted by atomic mass is 16.6. The van der Waals surface area contributed by atoms with Crippen LogP contribution in [0.1, 0.15) is 71.6 Å². The number of aryl methyl sites for hydroxylation is 6. The maximum Gasteiger partial charge on any atom is 0.340 e. The standard InChI is InChI=1S/C28H30O2/c1-15-13-25-26(14-16(15)2)28(30-27(25)29,23-9-17(3)21(7)18(4)10-23)24-11-19(5)22(8)20(6)12-24/h9-14H,1-8H3. The molecule has 0 radical (unpaired) electrons. The fourth-order valence-corrected chi connectivity index (χ4v) is 4.60. The molecule has 3 aromatic carbocycles. The molecule has 0 unspecified atom stereocenters. The SMILES string of the molecule is Cc1cc2c(cc1C)C(c1cc(C)c(C)c(C)c1)(c1cc(C)c(C)c(C)c1)OC2=O. The molecule has 4 rings (SSSR count). The Bertz CT molecular complexity index is 1110. The highest BCUT2D eigenvalue weighted by Crippen LogP contribution is 2.49. The first-order chi connectivity index (χ1) is 14.1. The molecule has 0 amide bonds. The number of benzene rings is 3. The molecule has 2 nitrogen and oxygen atoms in total. The van der Waals surface area contributed by atoms with E-state index in [1.54, 1.807) is 0 Å². The van der Waals surface area contributed by atoms with Crippen LogP contribution in [0.25, 0.3) is 0 Å². The summed E-state index contributed by atoms with van der Waals surface area (Å²) in [7, 11) is 0. The van der Waals surface area contributed by atoms with Crippen LogP contribution >= 0.6 is 0 Å². The van der Waals surface area contributed by atoms with Gasteiger partial charge in [0.05, 0.1) is 5.56 Å². The molecule has 30 heavy (non-hydrogen) atoms. The first-order valence-corrected chi connectivity index (χ1v) is 10.6. The molecular weight excluding hydrogens is 368 g/mol. The van der Waals surface area contributed by atoms with Gasteiger partial charge in [-0.25, -0.2) is 4.79 Å². The lowest BCUT2D eigenvalue weighted by Gasteiger charge is -2.32. The molecule has 0 saturated carbocycles. The second-order valence-corrected chi connectivity index (χ2v) is 9.02. The summed E-state index contributed by atoms with van der Waals surface area (Å²) < 4.78 is 6.36. The van der Waals surface area contributed by atoms with Gasteiger partial charge in [0, 0.05) is 16.7 Å². The molecule has 0 aromatic heterocycles. The van der Waals surface area contributed by atoms with Gasteiger partial charge in [0.15, 0.2) is 5.60 Å². The van der Waals surface area contributed by atoms with E-state index in [-0.39, 0.29) is 5.97 Å². The average Bonchev–Trinajstić information content (AvgIpc) is 2.96. The maximum atomic E-state index is 13.1. The Morgan fingerprint density at radius 1 is 0.567 bits per heavy atom. The number of ether oxygens (including phenoxy) is 1. The Labute approximate surface area is 179 Å². The third kappa shape index (κ3) is 2.81. The smallest absolute Gasteiger partial charge is 0.340 e. The summed E-state index contributed by atoms with van der Waals surface area (Å²) in [6.45, 7) is 16.9. The number of carbonyl (C=O) groups is 1. The number of hydrogen-bond donors (Lipinski definition) is 0. The third-order valence-corrected chi connectivity index (χ3v) is 7.15. The van der Waals surface area contributed by atoms with E-state index < -0.39 is 5.60 Å². The van der Waals surface area contributed by atoms with E-state index in [4.69, 9.17) is 4.74 Å². The van der Waals surface area contributed by atoms with Crippen molar-refractivity contribution in [3.63, 3.8) is 0 Å². The van der Waals surface area contributed by atoms with Gasteiger partial charge in [-0.15, -0.1) is 0 Å². The Balaban J connectivity index is 2.15. The predicted octanol–water partition coefficient (Wildman–Crippen LogP) is 6.62. The van der Waals surface area contributed by atoms with Crippen LogP contribution in [-0.4, -0.2) is 5.97 Å². The van der Waals surface area contributed by atoms with Crippen LogP contribution in [0.5, 0.6) is 0 Å². The summed E-state index contributed by atoms with van der Waals surface area (Å²) >= 11 is 0. The molecule has 0 spiro atoms. The molecule has 1 aliphatic rings. The van der Waals surface area contributed by atoms with Crippen molar-refractivity contribution >= 4 is 5.97 Å². The van der Waals surface area contributed by atoms with E-state index in [0.29, 0.717) is 5.56 Å². The van der Waals surface area contributed by atoms with Gasteiger partial charge < -0.3 is 4.74 Å². The summed E-state index contributed by atoms with van der Waals surface area (Å²) in [4.78, 5) is 13.1. The van der Waals surface area contributed by atoms with Gasteiger partial charge in [-0.3, -0.25) is 0 Å². The number of cyclic esters (lactones) is 1. The molecule has 0 saturated heterocycles. The second kappa shape index (κ2) is 6.84. The normalized spacial score (nSPS) is 14.6. The van der Waals surface area contributed by atoms with Crippen molar-refractivity contribution in [2.75, 3.05) is 0 Å². The van der Waals surface area contributed by atoms with Crippen LogP contribution in [0.3, 0.4) is 0 Å². The summed E-state index contributed by atoms with van der Waals surface area (Å²) in [6, 6.07) is 12.9. The van der Waals surface area contributed by atoms with Crippen molar-refractivity contribution in [2.45, 2.75) is 61.0 Å². The number of esters is 1. The summed E-state index contributed by atoms with van der Waals surface area (Å²) in [5.41, 5.74) is 12.4. The topological polar surface area (TPSA) is 26.3 Å². The van der Waals surface area contributed by atoms with Gasteiger partial charge in [-0.1, -0.05) is 30.3 Å². The first kappa shape index (κ1) is 20.4. The van der Waals surface area contributed by atoms with Crippen molar-refractivity contribution in [3.05, 3.63) is 103 Å². The first-order valence-electron chi connectivity index (χ1n) is 10.6. The largest absolute Gasteiger partial charge is 0.441 e. The Morgan fingerprint density at radius 3 is 1.40 bits per heavy atom. The van der Waals surface area contributed by atoms with E-state index in [9.17, 15) is 4.79 Å². The zero-order valence-electron chi connectivity index (χ0n) is 19.3. The van der Waals surface area contributed by atoms with E-state index >= 15 is 0 Å². The van der Waals surface area contributed by atoms with Gasteiger partial charge in [-0.2, -0.15) is 0 Å². The molecule has 0 fully saturated rings. The van der Waals surface area contributed by atoms with E-state index in [0.717, 1.165) is 27.8 Å². The zero-order valence-corrected chi connectivity index (χ0v) is 19.3. The summed E-state index contributed by atoms with van der Waals surface area (Å²) in [5, 5.41) is 0.